The highest BCUT2D eigenvalue weighted by molar-refractivity contribution is 7.89. The number of nitrogens with one attached hydrogen (secondary N) is 1. The van der Waals surface area contributed by atoms with Gasteiger partial charge < -0.3 is 10.1 Å². The van der Waals surface area contributed by atoms with Crippen molar-refractivity contribution in [2.24, 2.45) is 0 Å². The number of para-hydroxylation sites is 1. The minimum absolute atomic E-state index is 0.0811. The smallest absolute Gasteiger partial charge is 0.243 e. The summed E-state index contributed by atoms with van der Waals surface area (Å²) in [6, 6.07) is 19.9. The summed E-state index contributed by atoms with van der Waals surface area (Å²) < 4.78 is 33.7. The van der Waals surface area contributed by atoms with Crippen molar-refractivity contribution in [1.82, 2.24) is 4.31 Å². The number of ether oxygens (including phenoxy) is 1. The molecule has 0 spiro atoms. The van der Waals surface area contributed by atoms with Crippen LogP contribution in [0.4, 0.5) is 5.69 Å². The van der Waals surface area contributed by atoms with E-state index in [1.54, 1.807) is 26.2 Å². The van der Waals surface area contributed by atoms with Gasteiger partial charge in [0.2, 0.25) is 15.9 Å². The highest BCUT2D eigenvalue weighted by atomic mass is 32.2. The van der Waals surface area contributed by atoms with Gasteiger partial charge in [-0.05, 0) is 60.2 Å². The predicted octanol–water partition coefficient (Wildman–Crippen LogP) is 4.96. The molecular formula is C27H32N2O4S. The van der Waals surface area contributed by atoms with Crippen LogP contribution in [0.3, 0.4) is 0 Å². The van der Waals surface area contributed by atoms with Gasteiger partial charge in [-0.15, -0.1) is 0 Å². The zero-order valence-electron chi connectivity index (χ0n) is 20.2. The number of anilines is 1. The van der Waals surface area contributed by atoms with E-state index in [0.29, 0.717) is 11.3 Å². The zero-order chi connectivity index (χ0) is 24.7. The lowest BCUT2D eigenvalue weighted by atomic mass is 10.0. The Labute approximate surface area is 202 Å². The standard InChI is InChI=1S/C27H32N2O4S/c1-5-22-13-10-14-23(6-2)27(22)28-26(30)19-29(18-21-11-8-7-9-12-21)34(31,32)24-15-16-25(33-4)20(3)17-24/h7-17H,5-6,18-19H2,1-4H3,(H,28,30). The summed E-state index contributed by atoms with van der Waals surface area (Å²) in [5.41, 5.74) is 4.33. The lowest BCUT2D eigenvalue weighted by Gasteiger charge is -2.23. The lowest BCUT2D eigenvalue weighted by Crippen LogP contribution is -2.37. The molecule has 0 atom stereocenters. The highest BCUT2D eigenvalue weighted by Crippen LogP contribution is 2.26. The van der Waals surface area contributed by atoms with Crippen LogP contribution < -0.4 is 10.1 Å². The highest BCUT2D eigenvalue weighted by Gasteiger charge is 2.28. The van der Waals surface area contributed by atoms with Crippen LogP contribution in [0.5, 0.6) is 5.75 Å². The molecule has 0 aliphatic carbocycles. The number of carbonyl (C=O) groups is 1. The van der Waals surface area contributed by atoms with Crippen LogP contribution in [0, 0.1) is 6.92 Å². The number of nitrogens with zero attached hydrogens (tertiary/aromatic N) is 1. The van der Waals surface area contributed by atoms with Gasteiger partial charge in [0, 0.05) is 12.2 Å². The van der Waals surface area contributed by atoms with E-state index in [1.807, 2.05) is 62.4 Å². The molecule has 3 aromatic rings. The third-order valence-corrected chi connectivity index (χ3v) is 7.58. The fraction of sp³-hybridized carbons (Fsp3) is 0.296. The molecule has 0 bridgehead atoms. The van der Waals surface area contributed by atoms with E-state index in [0.717, 1.165) is 35.2 Å². The number of hydrogen-bond donors (Lipinski definition) is 1. The lowest BCUT2D eigenvalue weighted by molar-refractivity contribution is -0.116. The second-order valence-corrected chi connectivity index (χ2v) is 10.0. The Bertz CT molecular complexity index is 1220. The quantitative estimate of drug-likeness (QED) is 0.445. The van der Waals surface area contributed by atoms with Crippen molar-refractivity contribution in [3.05, 3.63) is 89.0 Å². The monoisotopic (exact) mass is 480 g/mol. The summed E-state index contributed by atoms with van der Waals surface area (Å²) >= 11 is 0. The number of aryl methyl sites for hydroxylation is 3. The molecular weight excluding hydrogens is 448 g/mol. The topological polar surface area (TPSA) is 75.7 Å². The first kappa shape index (κ1) is 25.5. The molecule has 0 aliphatic rings. The average molecular weight is 481 g/mol. The molecule has 1 N–H and O–H groups in total. The Morgan fingerprint density at radius 2 is 1.59 bits per heavy atom. The predicted molar refractivity (Wildman–Crippen MR) is 136 cm³/mol. The minimum atomic E-state index is -3.95. The van der Waals surface area contributed by atoms with Crippen molar-refractivity contribution in [2.45, 2.75) is 45.1 Å². The van der Waals surface area contributed by atoms with Crippen LogP contribution in [0.15, 0.2) is 71.6 Å². The number of rotatable bonds is 10. The maximum Gasteiger partial charge on any atom is 0.243 e. The van der Waals surface area contributed by atoms with Crippen LogP contribution >= 0.6 is 0 Å². The van der Waals surface area contributed by atoms with Crippen molar-refractivity contribution in [3.63, 3.8) is 0 Å². The number of sulfonamides is 1. The summed E-state index contributed by atoms with van der Waals surface area (Å²) in [6.45, 7) is 5.63. The van der Waals surface area contributed by atoms with Gasteiger partial charge in [0.25, 0.3) is 0 Å². The molecule has 0 saturated carbocycles. The Kier molecular flexibility index (Phi) is 8.47. The van der Waals surface area contributed by atoms with Gasteiger partial charge in [-0.1, -0.05) is 62.4 Å². The first-order valence-electron chi connectivity index (χ1n) is 11.4. The summed E-state index contributed by atoms with van der Waals surface area (Å²) in [5, 5.41) is 2.99. The SMILES string of the molecule is CCc1cccc(CC)c1NC(=O)CN(Cc1ccccc1)S(=O)(=O)c1ccc(OC)c(C)c1. The van der Waals surface area contributed by atoms with Gasteiger partial charge in [-0.3, -0.25) is 4.79 Å². The molecule has 180 valence electrons. The molecule has 34 heavy (non-hydrogen) atoms. The van der Waals surface area contributed by atoms with Crippen LogP contribution in [0.2, 0.25) is 0 Å². The molecule has 0 saturated heterocycles. The number of carbonyl (C=O) groups excluding carboxylic acids is 1. The van der Waals surface area contributed by atoms with Crippen LogP contribution in [-0.4, -0.2) is 32.3 Å². The molecule has 3 rings (SSSR count). The Morgan fingerprint density at radius 3 is 2.15 bits per heavy atom. The van der Waals surface area contributed by atoms with E-state index in [-0.39, 0.29) is 23.9 Å². The zero-order valence-corrected chi connectivity index (χ0v) is 21.0. The summed E-state index contributed by atoms with van der Waals surface area (Å²) in [6.07, 6.45) is 1.53. The Morgan fingerprint density at radius 1 is 0.941 bits per heavy atom. The van der Waals surface area contributed by atoms with Crippen molar-refractivity contribution in [1.29, 1.82) is 0 Å². The molecule has 3 aromatic carbocycles. The van der Waals surface area contributed by atoms with Gasteiger partial charge in [0.1, 0.15) is 5.75 Å². The maximum absolute atomic E-state index is 13.6. The van der Waals surface area contributed by atoms with Crippen molar-refractivity contribution in [2.75, 3.05) is 19.0 Å². The first-order chi connectivity index (χ1) is 16.3. The second-order valence-electron chi connectivity index (χ2n) is 8.10. The van der Waals surface area contributed by atoms with E-state index >= 15 is 0 Å². The molecule has 0 aliphatic heterocycles. The van der Waals surface area contributed by atoms with E-state index in [1.165, 1.54) is 10.4 Å². The third-order valence-electron chi connectivity index (χ3n) is 5.79. The molecule has 0 heterocycles. The van der Waals surface area contributed by atoms with E-state index in [4.69, 9.17) is 4.74 Å². The molecule has 1 amide bonds. The Hall–Kier alpha value is -3.16. The fourth-order valence-electron chi connectivity index (χ4n) is 3.92. The average Bonchev–Trinajstić information content (AvgIpc) is 2.84. The molecule has 0 unspecified atom stereocenters. The van der Waals surface area contributed by atoms with E-state index in [2.05, 4.69) is 5.32 Å². The summed E-state index contributed by atoms with van der Waals surface area (Å²) in [7, 11) is -2.41. The molecule has 6 nitrogen and oxygen atoms in total. The number of hydrogen-bond acceptors (Lipinski definition) is 4. The van der Waals surface area contributed by atoms with Gasteiger partial charge in [-0.25, -0.2) is 8.42 Å². The van der Waals surface area contributed by atoms with Crippen molar-refractivity contribution >= 4 is 21.6 Å². The molecule has 7 heteroatoms. The van der Waals surface area contributed by atoms with Gasteiger partial charge >= 0.3 is 0 Å². The maximum atomic E-state index is 13.6. The molecule has 0 radical (unpaired) electrons. The second kappa shape index (κ2) is 11.3. The number of benzene rings is 3. The molecule has 0 fully saturated rings. The number of methoxy groups -OCH3 is 1. The van der Waals surface area contributed by atoms with Crippen molar-refractivity contribution < 1.29 is 17.9 Å². The van der Waals surface area contributed by atoms with Crippen LogP contribution in [0.25, 0.3) is 0 Å². The van der Waals surface area contributed by atoms with E-state index < -0.39 is 10.0 Å². The normalized spacial score (nSPS) is 11.4. The van der Waals surface area contributed by atoms with Crippen molar-refractivity contribution in [3.8, 4) is 5.75 Å². The minimum Gasteiger partial charge on any atom is -0.496 e. The van der Waals surface area contributed by atoms with E-state index in [9.17, 15) is 13.2 Å². The first-order valence-corrected chi connectivity index (χ1v) is 12.8. The van der Waals surface area contributed by atoms with Gasteiger partial charge in [0.05, 0.1) is 18.6 Å². The molecule has 0 aromatic heterocycles. The summed E-state index contributed by atoms with van der Waals surface area (Å²) in [5.74, 6) is 0.231. The largest absolute Gasteiger partial charge is 0.496 e. The van der Waals surface area contributed by atoms with Gasteiger partial charge in [-0.2, -0.15) is 4.31 Å². The van der Waals surface area contributed by atoms with Crippen LogP contribution in [-0.2, 0) is 34.2 Å². The van der Waals surface area contributed by atoms with Gasteiger partial charge in [0.15, 0.2) is 0 Å². The Balaban J connectivity index is 1.94. The fourth-order valence-corrected chi connectivity index (χ4v) is 5.39. The third kappa shape index (κ3) is 5.85. The van der Waals surface area contributed by atoms with Crippen LogP contribution in [0.1, 0.15) is 36.1 Å². The number of amides is 1. The summed E-state index contributed by atoms with van der Waals surface area (Å²) in [4.78, 5) is 13.3.